The van der Waals surface area contributed by atoms with Gasteiger partial charge in [0.2, 0.25) is 0 Å². The van der Waals surface area contributed by atoms with Crippen LogP contribution in [-0.2, 0) is 13.7 Å². The van der Waals surface area contributed by atoms with Gasteiger partial charge in [-0.25, -0.2) is 0 Å². The topological polar surface area (TPSA) is 73.6 Å². The molecule has 0 saturated carbocycles. The molecule has 0 aromatic carbocycles. The molecule has 2 radical (unpaired) electrons. The third-order valence-electron chi connectivity index (χ3n) is 1.08. The number of nitrogens with two attached hydrogens (primary N) is 1. The van der Waals surface area contributed by atoms with Crippen molar-refractivity contribution in [2.75, 3.05) is 19.7 Å². The van der Waals surface area contributed by atoms with Gasteiger partial charge in [-0.1, -0.05) is 13.3 Å². The number of nitrogens with one attached hydrogen (secondary N) is 1. The second-order valence-electron chi connectivity index (χ2n) is 2.18. The van der Waals surface area contributed by atoms with Crippen LogP contribution in [0.5, 0.6) is 0 Å². The van der Waals surface area contributed by atoms with Gasteiger partial charge in [0.05, 0.1) is 0 Å². The first kappa shape index (κ1) is 16.2. The third kappa shape index (κ3) is 12.7. The molecule has 0 aromatic rings. The van der Waals surface area contributed by atoms with E-state index in [-0.39, 0.29) is 23.9 Å². The van der Waals surface area contributed by atoms with E-state index in [4.69, 9.17) is 10.3 Å². The first-order valence-electron chi connectivity index (χ1n) is 4.01. The zero-order chi connectivity index (χ0) is 9.23. The molecule has 0 spiro atoms. The summed E-state index contributed by atoms with van der Waals surface area (Å²) in [5, 5.41) is 0. The fourth-order valence-corrected chi connectivity index (χ4v) is 0.995. The van der Waals surface area contributed by atoms with Gasteiger partial charge in [-0.3, -0.25) is 0 Å². The van der Waals surface area contributed by atoms with Gasteiger partial charge in [0, 0.05) is 17.7 Å². The van der Waals surface area contributed by atoms with Crippen LogP contribution in [0.3, 0.4) is 0 Å². The van der Waals surface area contributed by atoms with Gasteiger partial charge < -0.3 is 5.73 Å². The van der Waals surface area contributed by atoms with E-state index in [0.717, 1.165) is 12.8 Å². The summed E-state index contributed by atoms with van der Waals surface area (Å²) in [7, 11) is -2.02. The van der Waals surface area contributed by atoms with E-state index in [1.807, 2.05) is 6.92 Å². The molecule has 1 atom stereocenters. The van der Waals surface area contributed by atoms with E-state index in [1.165, 1.54) is 0 Å². The minimum atomic E-state index is -2.02. The summed E-state index contributed by atoms with van der Waals surface area (Å²) in [5.74, 6) is 0. The fourth-order valence-electron chi connectivity index (χ4n) is 0.467. The molecule has 13 heavy (non-hydrogen) atoms. The van der Waals surface area contributed by atoms with Crippen LogP contribution in [0.4, 0.5) is 0 Å². The molecule has 0 aliphatic heterocycles. The van der Waals surface area contributed by atoms with Gasteiger partial charge >= 0.3 is 32.2 Å². The van der Waals surface area contributed by atoms with Gasteiger partial charge in [-0.15, -0.1) is 10.0 Å². The van der Waals surface area contributed by atoms with Crippen molar-refractivity contribution in [1.29, 1.82) is 0 Å². The Morgan fingerprint density at radius 1 is 1.54 bits per heavy atom. The number of hydrogen-bond donors (Lipinski definition) is 2. The van der Waals surface area contributed by atoms with Crippen LogP contribution in [0.25, 0.3) is 0 Å². The van der Waals surface area contributed by atoms with Gasteiger partial charge in [0.15, 0.2) is 0 Å². The molecule has 0 aliphatic carbocycles. The number of hydrogen-bond acceptors (Lipinski definition) is 5. The van der Waals surface area contributed by atoms with Gasteiger partial charge in [0.25, 0.3) is 0 Å². The predicted octanol–water partition coefficient (Wildman–Crippen LogP) is 0.0242. The summed E-state index contributed by atoms with van der Waals surface area (Å²) in [4.78, 5) is 0. The third-order valence-corrected chi connectivity index (χ3v) is 1.75. The summed E-state index contributed by atoms with van der Waals surface area (Å²) in [6.07, 6.45) is 1.90. The van der Waals surface area contributed by atoms with Gasteiger partial charge in [0.1, 0.15) is 6.61 Å². The average molecular weight is 316 g/mol. The molecule has 0 bridgehead atoms. The van der Waals surface area contributed by atoms with Crippen molar-refractivity contribution >= 4 is 32.2 Å². The number of rotatable bonds is 8. The molecule has 0 aromatic heterocycles. The van der Waals surface area contributed by atoms with E-state index in [0.29, 0.717) is 19.7 Å². The SMILES string of the molecule is CCCCO[P+](=O)ONCCN.[SnH2]. The van der Waals surface area contributed by atoms with Crippen LogP contribution in [0, 0.1) is 0 Å². The molecule has 0 heterocycles. The van der Waals surface area contributed by atoms with Gasteiger partial charge in [-0.2, -0.15) is 0 Å². The summed E-state index contributed by atoms with van der Waals surface area (Å²) in [5.41, 5.74) is 7.59. The molecule has 7 heteroatoms. The fraction of sp³-hybridized carbons (Fsp3) is 1.00. The Morgan fingerprint density at radius 2 is 2.23 bits per heavy atom. The molecule has 0 aliphatic rings. The molecule has 0 saturated heterocycles. The molecule has 3 N–H and O–H groups in total. The Balaban J connectivity index is 0. The Labute approximate surface area is 96.6 Å². The van der Waals surface area contributed by atoms with Crippen LogP contribution < -0.4 is 11.2 Å². The maximum absolute atomic E-state index is 10.8. The van der Waals surface area contributed by atoms with E-state index in [9.17, 15) is 4.57 Å². The molecule has 0 fully saturated rings. The zero-order valence-electron chi connectivity index (χ0n) is 7.99. The van der Waals surface area contributed by atoms with Crippen molar-refractivity contribution < 1.29 is 13.7 Å². The summed E-state index contributed by atoms with van der Waals surface area (Å²) in [6.45, 7) is 3.41. The molecule has 78 valence electrons. The van der Waals surface area contributed by atoms with E-state index in [2.05, 4.69) is 10.1 Å². The standard InChI is InChI=1S/C6H16N2O3P.Sn.2H/c1-2-3-6-10-12(9)11-8-5-4-7;;;/h8H,2-7H2,1H3;;;/q+1;;;. The summed E-state index contributed by atoms with van der Waals surface area (Å²) < 4.78 is 20.2. The summed E-state index contributed by atoms with van der Waals surface area (Å²) >= 11 is 0. The normalized spacial score (nSPS) is 10.8. The van der Waals surface area contributed by atoms with Crippen LogP contribution >= 0.6 is 8.25 Å². The Bertz CT molecular complexity index is 116. The maximum atomic E-state index is 10.8. The summed E-state index contributed by atoms with van der Waals surface area (Å²) in [6, 6.07) is 0. The molecular formula is C6H18N2O3PSn+. The zero-order valence-corrected chi connectivity index (χ0v) is 12.9. The van der Waals surface area contributed by atoms with Crippen LogP contribution in [0.15, 0.2) is 0 Å². The average Bonchev–Trinajstić information content (AvgIpc) is 2.06. The molecule has 1 unspecified atom stereocenters. The van der Waals surface area contributed by atoms with Crippen molar-refractivity contribution in [3.05, 3.63) is 0 Å². The molecular weight excluding hydrogens is 298 g/mol. The van der Waals surface area contributed by atoms with Crippen LogP contribution in [0.2, 0.25) is 0 Å². The first-order valence-corrected chi connectivity index (χ1v) is 5.10. The first-order chi connectivity index (χ1) is 5.81. The van der Waals surface area contributed by atoms with Gasteiger partial charge in [-0.05, 0) is 11.0 Å². The van der Waals surface area contributed by atoms with Crippen LogP contribution in [-0.4, -0.2) is 43.6 Å². The Kier molecular flexibility index (Phi) is 15.9. The number of unbranched alkanes of at least 4 members (excludes halogenated alkanes) is 1. The molecule has 0 amide bonds. The van der Waals surface area contributed by atoms with Crippen molar-refractivity contribution in [3.63, 3.8) is 0 Å². The van der Waals surface area contributed by atoms with Crippen molar-refractivity contribution in [2.24, 2.45) is 5.73 Å². The Hall–Kier alpha value is 0.739. The molecule has 0 rings (SSSR count). The monoisotopic (exact) mass is 317 g/mol. The number of hydroxylamine groups is 1. The second kappa shape index (κ2) is 12.7. The van der Waals surface area contributed by atoms with Crippen LogP contribution in [0.1, 0.15) is 19.8 Å². The van der Waals surface area contributed by atoms with E-state index >= 15 is 0 Å². The predicted molar refractivity (Wildman–Crippen MR) is 55.2 cm³/mol. The van der Waals surface area contributed by atoms with Crippen molar-refractivity contribution in [3.8, 4) is 0 Å². The second-order valence-corrected chi connectivity index (χ2v) is 3.07. The van der Waals surface area contributed by atoms with E-state index in [1.54, 1.807) is 0 Å². The Morgan fingerprint density at radius 3 is 2.77 bits per heavy atom. The minimum absolute atomic E-state index is 0. The van der Waals surface area contributed by atoms with Crippen molar-refractivity contribution in [2.45, 2.75) is 19.8 Å². The van der Waals surface area contributed by atoms with E-state index < -0.39 is 8.25 Å². The van der Waals surface area contributed by atoms with Crippen molar-refractivity contribution in [1.82, 2.24) is 5.48 Å². The molecule has 5 nitrogen and oxygen atoms in total. The quantitative estimate of drug-likeness (QED) is 0.286.